The third kappa shape index (κ3) is 3.65. The molecule has 6 nitrogen and oxygen atoms in total. The summed E-state index contributed by atoms with van der Waals surface area (Å²) < 4.78 is 0. The number of para-hydroxylation sites is 1. The third-order valence-corrected chi connectivity index (χ3v) is 3.76. The van der Waals surface area contributed by atoms with Gasteiger partial charge in [0.15, 0.2) is 0 Å². The van der Waals surface area contributed by atoms with Crippen LogP contribution in [0.5, 0.6) is 11.5 Å². The molecule has 0 aliphatic rings. The molecular weight excluding hydrogens is 332 g/mol. The first-order valence-corrected chi connectivity index (χ1v) is 7.50. The van der Waals surface area contributed by atoms with Gasteiger partial charge in [-0.15, -0.1) is 0 Å². The third-order valence-electron chi connectivity index (χ3n) is 3.48. The SMILES string of the molecule is CC(C)(C)c1cc(Cl)c([O-])c(N=Cc2cccc([N+](=O)[O-])c2O)c1. The lowest BCUT2D eigenvalue weighted by Crippen LogP contribution is -2.11. The van der Waals surface area contributed by atoms with Gasteiger partial charge in [-0.2, -0.15) is 0 Å². The molecule has 0 aliphatic heterocycles. The summed E-state index contributed by atoms with van der Waals surface area (Å²) in [6.45, 7) is 5.93. The molecular formula is C17H16ClN2O4-. The summed E-state index contributed by atoms with van der Waals surface area (Å²) in [5.74, 6) is -0.942. The lowest BCUT2D eigenvalue weighted by Gasteiger charge is -2.23. The summed E-state index contributed by atoms with van der Waals surface area (Å²) in [6.07, 6.45) is 1.21. The zero-order chi connectivity index (χ0) is 18.1. The maximum Gasteiger partial charge on any atom is 0.311 e. The number of rotatable bonds is 3. The number of aliphatic imine (C=N–C) groups is 1. The number of phenolic OH excluding ortho intramolecular Hbond substituents is 1. The van der Waals surface area contributed by atoms with Gasteiger partial charge in [-0.1, -0.05) is 44.2 Å². The van der Waals surface area contributed by atoms with Crippen LogP contribution in [-0.2, 0) is 5.41 Å². The van der Waals surface area contributed by atoms with E-state index >= 15 is 0 Å². The van der Waals surface area contributed by atoms with E-state index in [1.54, 1.807) is 12.1 Å². The first-order valence-electron chi connectivity index (χ1n) is 7.12. The van der Waals surface area contributed by atoms with Crippen molar-refractivity contribution in [2.24, 2.45) is 4.99 Å². The zero-order valence-corrected chi connectivity index (χ0v) is 14.2. The van der Waals surface area contributed by atoms with Gasteiger partial charge in [-0.3, -0.25) is 15.1 Å². The van der Waals surface area contributed by atoms with Gasteiger partial charge in [-0.05, 0) is 29.2 Å². The lowest BCUT2D eigenvalue weighted by molar-refractivity contribution is -0.385. The topological polar surface area (TPSA) is 98.8 Å². The van der Waals surface area contributed by atoms with E-state index in [1.165, 1.54) is 24.4 Å². The second kappa shape index (κ2) is 6.49. The molecule has 7 heteroatoms. The molecule has 0 spiro atoms. The van der Waals surface area contributed by atoms with Gasteiger partial charge in [0.2, 0.25) is 5.75 Å². The Labute approximate surface area is 144 Å². The number of hydrogen-bond donors (Lipinski definition) is 1. The zero-order valence-electron chi connectivity index (χ0n) is 13.4. The monoisotopic (exact) mass is 347 g/mol. The molecule has 0 unspecified atom stereocenters. The number of nitro groups is 1. The van der Waals surface area contributed by atoms with Gasteiger partial charge in [0.05, 0.1) is 10.6 Å². The Balaban J connectivity index is 2.49. The molecule has 0 fully saturated rings. The van der Waals surface area contributed by atoms with Gasteiger partial charge in [0.1, 0.15) is 0 Å². The molecule has 0 atom stereocenters. The maximum absolute atomic E-state index is 12.1. The largest absolute Gasteiger partial charge is 0.870 e. The molecule has 0 saturated heterocycles. The van der Waals surface area contributed by atoms with Crippen LogP contribution in [0.1, 0.15) is 31.9 Å². The van der Waals surface area contributed by atoms with Crippen molar-refractivity contribution >= 4 is 29.2 Å². The molecule has 0 radical (unpaired) electrons. The van der Waals surface area contributed by atoms with Crippen LogP contribution in [0.2, 0.25) is 5.02 Å². The number of aromatic hydroxyl groups is 1. The normalized spacial score (nSPS) is 11.8. The van der Waals surface area contributed by atoms with Crippen LogP contribution in [0.3, 0.4) is 0 Å². The molecule has 2 rings (SSSR count). The van der Waals surface area contributed by atoms with E-state index in [0.29, 0.717) is 0 Å². The van der Waals surface area contributed by atoms with Gasteiger partial charge in [-0.25, -0.2) is 0 Å². The number of halogens is 1. The quantitative estimate of drug-likeness (QED) is 0.513. The molecule has 24 heavy (non-hydrogen) atoms. The second-order valence-electron chi connectivity index (χ2n) is 6.29. The number of phenols is 1. The first-order chi connectivity index (χ1) is 11.1. The highest BCUT2D eigenvalue weighted by atomic mass is 35.5. The summed E-state index contributed by atoms with van der Waals surface area (Å²) in [7, 11) is 0. The molecule has 2 aromatic carbocycles. The van der Waals surface area contributed by atoms with Crippen LogP contribution in [0.4, 0.5) is 11.4 Å². The van der Waals surface area contributed by atoms with Crippen LogP contribution in [0.25, 0.3) is 0 Å². The number of hydrogen-bond acceptors (Lipinski definition) is 5. The van der Waals surface area contributed by atoms with E-state index in [0.717, 1.165) is 5.56 Å². The van der Waals surface area contributed by atoms with Gasteiger partial charge in [0, 0.05) is 22.9 Å². The van der Waals surface area contributed by atoms with Crippen LogP contribution in [-0.4, -0.2) is 16.2 Å². The van der Waals surface area contributed by atoms with E-state index in [-0.39, 0.29) is 21.7 Å². The highest BCUT2D eigenvalue weighted by molar-refractivity contribution is 6.32. The molecule has 0 bridgehead atoms. The molecule has 0 aliphatic carbocycles. The minimum atomic E-state index is -0.692. The summed E-state index contributed by atoms with van der Waals surface area (Å²) >= 11 is 5.98. The van der Waals surface area contributed by atoms with Crippen molar-refractivity contribution in [2.75, 3.05) is 0 Å². The van der Waals surface area contributed by atoms with Crippen LogP contribution in [0, 0.1) is 10.1 Å². The second-order valence-corrected chi connectivity index (χ2v) is 6.69. The van der Waals surface area contributed by atoms with Crippen LogP contribution in [0.15, 0.2) is 35.3 Å². The molecule has 2 aromatic rings. The Kier molecular flexibility index (Phi) is 4.80. The minimum absolute atomic E-state index is 0.0536. The summed E-state index contributed by atoms with van der Waals surface area (Å²) in [4.78, 5) is 14.2. The van der Waals surface area contributed by atoms with E-state index in [4.69, 9.17) is 11.6 Å². The Morgan fingerprint density at radius 3 is 2.54 bits per heavy atom. The standard InChI is InChI=1S/C17H17ClN2O4/c1-17(2,3)11-7-12(18)16(22)13(8-11)19-9-10-5-4-6-14(15(10)21)20(23)24/h4-9,21-22H,1-3H3/p-1. The van der Waals surface area contributed by atoms with E-state index in [1.807, 2.05) is 20.8 Å². The van der Waals surface area contributed by atoms with Gasteiger partial charge >= 0.3 is 5.69 Å². The van der Waals surface area contributed by atoms with E-state index < -0.39 is 22.1 Å². The summed E-state index contributed by atoms with van der Waals surface area (Å²) in [5.41, 5.74) is 0.430. The van der Waals surface area contributed by atoms with E-state index in [9.17, 15) is 20.3 Å². The number of nitro benzene ring substituents is 1. The smallest absolute Gasteiger partial charge is 0.311 e. The fraction of sp³-hybridized carbons (Fsp3) is 0.235. The number of nitrogens with zero attached hydrogens (tertiary/aromatic N) is 2. The van der Waals surface area contributed by atoms with Gasteiger partial charge < -0.3 is 10.2 Å². The molecule has 0 heterocycles. The first kappa shape index (κ1) is 17.7. The highest BCUT2D eigenvalue weighted by Gasteiger charge is 2.17. The predicted molar refractivity (Wildman–Crippen MR) is 91.6 cm³/mol. The maximum atomic E-state index is 12.1. The van der Waals surface area contributed by atoms with Crippen molar-refractivity contribution in [3.05, 3.63) is 56.6 Å². The van der Waals surface area contributed by atoms with Gasteiger partial charge in [0.25, 0.3) is 0 Å². The molecule has 126 valence electrons. The fourth-order valence-electron chi connectivity index (χ4n) is 2.05. The van der Waals surface area contributed by atoms with Crippen LogP contribution < -0.4 is 5.11 Å². The summed E-state index contributed by atoms with van der Waals surface area (Å²) in [5, 5.41) is 32.9. The lowest BCUT2D eigenvalue weighted by atomic mass is 9.87. The minimum Gasteiger partial charge on any atom is -0.870 e. The Morgan fingerprint density at radius 1 is 1.29 bits per heavy atom. The Morgan fingerprint density at radius 2 is 1.96 bits per heavy atom. The molecule has 0 saturated carbocycles. The average molecular weight is 348 g/mol. The highest BCUT2D eigenvalue weighted by Crippen LogP contribution is 2.37. The number of benzene rings is 2. The Hall–Kier alpha value is -2.60. The summed E-state index contributed by atoms with van der Waals surface area (Å²) in [6, 6.07) is 7.30. The molecule has 0 aromatic heterocycles. The van der Waals surface area contributed by atoms with Crippen molar-refractivity contribution < 1.29 is 15.1 Å². The van der Waals surface area contributed by atoms with Crippen LogP contribution >= 0.6 is 11.6 Å². The predicted octanol–water partition coefficient (Wildman–Crippen LogP) is 4.08. The molecule has 1 N–H and O–H groups in total. The van der Waals surface area contributed by atoms with Crippen molar-refractivity contribution in [3.8, 4) is 11.5 Å². The van der Waals surface area contributed by atoms with Crippen molar-refractivity contribution in [2.45, 2.75) is 26.2 Å². The molecule has 0 amide bonds. The Bertz CT molecular complexity index is 826. The average Bonchev–Trinajstić information content (AvgIpc) is 2.48. The van der Waals surface area contributed by atoms with Crippen molar-refractivity contribution in [1.29, 1.82) is 0 Å². The fourth-order valence-corrected chi connectivity index (χ4v) is 2.26. The van der Waals surface area contributed by atoms with E-state index in [2.05, 4.69) is 4.99 Å². The van der Waals surface area contributed by atoms with Crippen molar-refractivity contribution in [3.63, 3.8) is 0 Å². The van der Waals surface area contributed by atoms with Crippen molar-refractivity contribution in [1.82, 2.24) is 0 Å².